The molecule has 3 aromatic carbocycles. The van der Waals surface area contributed by atoms with Crippen molar-refractivity contribution < 1.29 is 0 Å². The lowest BCUT2D eigenvalue weighted by molar-refractivity contribution is 0.567. The summed E-state index contributed by atoms with van der Waals surface area (Å²) in [4.78, 5) is 2.79. The Morgan fingerprint density at radius 2 is 1.58 bits per heavy atom. The standard InChI is InChI=1S/C61H59N/c1-3-42-35-50(44-21-9-5-10-22-44)37-51(45-23-11-6-12-24-45)40-60(42)62-59-32-16-15-29-55(59)56-31-18-30-53(61(56)62)49-33-34-54-52-28-14-13-25-48(52)38-57(41(2)58(54)39-49)47-27-17-26-46(36-47)43-19-7-4-8-20-43/h5-7,9,11-12,14-21,23,26-37,39-42,45,55,57,59H,3-4,8,10,13,22,24-25,38H2,1-2H3/t41-,42?,45?,55?,57+,59?/m0/s1. The Labute approximate surface area is 370 Å². The van der Waals surface area contributed by atoms with E-state index in [9.17, 15) is 0 Å². The first kappa shape index (κ1) is 39.0. The number of benzene rings is 3. The van der Waals surface area contributed by atoms with Crippen LogP contribution in [0.4, 0.5) is 5.69 Å². The van der Waals surface area contributed by atoms with E-state index < -0.39 is 0 Å². The highest BCUT2D eigenvalue weighted by Crippen LogP contribution is 2.54. The fraction of sp³-hybridized carbons (Fsp3) is 0.279. The Morgan fingerprint density at radius 1 is 0.694 bits per heavy atom. The number of anilines is 1. The second kappa shape index (κ2) is 16.7. The Balaban J connectivity index is 1.05. The highest BCUT2D eigenvalue weighted by Gasteiger charge is 2.42. The van der Waals surface area contributed by atoms with Crippen molar-refractivity contribution in [1.29, 1.82) is 0 Å². The summed E-state index contributed by atoms with van der Waals surface area (Å²) >= 11 is 0. The van der Waals surface area contributed by atoms with Gasteiger partial charge in [0.05, 0.1) is 11.7 Å². The van der Waals surface area contributed by atoms with Crippen LogP contribution in [0.1, 0.15) is 117 Å². The van der Waals surface area contributed by atoms with Gasteiger partial charge in [0, 0.05) is 29.0 Å². The molecule has 0 fully saturated rings. The zero-order chi connectivity index (χ0) is 41.6. The summed E-state index contributed by atoms with van der Waals surface area (Å²) in [5.74, 6) is 1.68. The van der Waals surface area contributed by atoms with Gasteiger partial charge in [0.2, 0.25) is 0 Å². The summed E-state index contributed by atoms with van der Waals surface area (Å²) in [6.45, 7) is 4.90. The highest BCUT2D eigenvalue weighted by molar-refractivity contribution is 5.89. The minimum Gasteiger partial charge on any atom is -0.336 e. The summed E-state index contributed by atoms with van der Waals surface area (Å²) in [5.41, 5.74) is 21.4. The first-order valence-electron chi connectivity index (χ1n) is 23.7. The third-order valence-electron chi connectivity index (χ3n) is 15.1. The molecule has 0 radical (unpaired) electrons. The van der Waals surface area contributed by atoms with Crippen LogP contribution in [0.25, 0.3) is 22.3 Å². The maximum absolute atomic E-state index is 2.79. The first-order valence-corrected chi connectivity index (χ1v) is 23.7. The molecule has 62 heavy (non-hydrogen) atoms. The van der Waals surface area contributed by atoms with E-state index in [4.69, 9.17) is 0 Å². The topological polar surface area (TPSA) is 3.24 Å². The molecule has 308 valence electrons. The van der Waals surface area contributed by atoms with Crippen molar-refractivity contribution in [2.75, 3.05) is 4.90 Å². The molecule has 3 aromatic rings. The van der Waals surface area contributed by atoms with Gasteiger partial charge in [-0.15, -0.1) is 0 Å². The molecule has 0 spiro atoms. The van der Waals surface area contributed by atoms with Gasteiger partial charge in [0.25, 0.3) is 0 Å². The summed E-state index contributed by atoms with van der Waals surface area (Å²) in [6.07, 6.45) is 55.3. The summed E-state index contributed by atoms with van der Waals surface area (Å²) in [6, 6.07) is 24.5. The average molecular weight is 806 g/mol. The summed E-state index contributed by atoms with van der Waals surface area (Å²) in [5, 5.41) is 0. The van der Waals surface area contributed by atoms with Crippen LogP contribution in [0.2, 0.25) is 0 Å². The zero-order valence-corrected chi connectivity index (χ0v) is 36.5. The molecule has 0 amide bonds. The first-order chi connectivity index (χ1) is 30.6. The molecule has 1 nitrogen and oxygen atoms in total. The summed E-state index contributed by atoms with van der Waals surface area (Å²) < 4.78 is 0. The van der Waals surface area contributed by atoms with Crippen LogP contribution in [0.5, 0.6) is 0 Å². The molecule has 7 aliphatic carbocycles. The minimum atomic E-state index is 0.219. The SMILES string of the molecule is CCC1C=C(C2=CC=CCC2)C=C(C2C=CC=CC2)C=C1N1c2c(-c3ccc4c(c3)[C@@H](C)[C@H](c3cccc(C5=CCCC=C5)c3)CC3=C4C=CCC3)cccc2C2C=CC=CC21. The second-order valence-electron chi connectivity index (χ2n) is 18.7. The van der Waals surface area contributed by atoms with Crippen molar-refractivity contribution in [2.45, 2.75) is 95.4 Å². The molecule has 0 N–H and O–H groups in total. The van der Waals surface area contributed by atoms with Gasteiger partial charge in [0.15, 0.2) is 0 Å². The number of fused-ring (bicyclic) bond motifs is 5. The van der Waals surface area contributed by atoms with Crippen molar-refractivity contribution in [3.8, 4) is 11.1 Å². The molecular formula is C61H59N. The van der Waals surface area contributed by atoms with Gasteiger partial charge in [0.1, 0.15) is 0 Å². The van der Waals surface area contributed by atoms with Crippen LogP contribution in [0.15, 0.2) is 204 Å². The van der Waals surface area contributed by atoms with Crippen LogP contribution >= 0.6 is 0 Å². The molecule has 0 saturated heterocycles. The molecule has 6 atom stereocenters. The van der Waals surface area contributed by atoms with E-state index in [2.05, 4.69) is 195 Å². The fourth-order valence-corrected chi connectivity index (χ4v) is 11.8. The monoisotopic (exact) mass is 805 g/mol. The van der Waals surface area contributed by atoms with E-state index in [-0.39, 0.29) is 12.0 Å². The predicted octanol–water partition coefficient (Wildman–Crippen LogP) is 16.1. The van der Waals surface area contributed by atoms with Gasteiger partial charge in [-0.3, -0.25) is 0 Å². The number of nitrogens with zero attached hydrogens (tertiary/aromatic N) is 1. The third kappa shape index (κ3) is 7.04. The van der Waals surface area contributed by atoms with Crippen molar-refractivity contribution in [1.82, 2.24) is 0 Å². The van der Waals surface area contributed by atoms with E-state index in [0.717, 1.165) is 57.8 Å². The predicted molar refractivity (Wildman–Crippen MR) is 264 cm³/mol. The van der Waals surface area contributed by atoms with E-state index in [1.165, 1.54) is 78.2 Å². The van der Waals surface area contributed by atoms with Gasteiger partial charge >= 0.3 is 0 Å². The van der Waals surface area contributed by atoms with Crippen molar-refractivity contribution in [3.63, 3.8) is 0 Å². The number of hydrogen-bond acceptors (Lipinski definition) is 1. The Bertz CT molecular complexity index is 2720. The smallest absolute Gasteiger partial charge is 0.0626 e. The lowest BCUT2D eigenvalue weighted by atomic mass is 9.78. The van der Waals surface area contributed by atoms with E-state index in [0.29, 0.717) is 23.7 Å². The molecule has 11 rings (SSSR count). The minimum absolute atomic E-state index is 0.219. The van der Waals surface area contributed by atoms with E-state index in [1.807, 2.05) is 0 Å². The largest absolute Gasteiger partial charge is 0.336 e. The van der Waals surface area contributed by atoms with Crippen molar-refractivity contribution in [3.05, 3.63) is 232 Å². The zero-order valence-electron chi connectivity index (χ0n) is 36.5. The van der Waals surface area contributed by atoms with Gasteiger partial charge in [-0.2, -0.15) is 0 Å². The van der Waals surface area contributed by atoms with Gasteiger partial charge < -0.3 is 4.90 Å². The van der Waals surface area contributed by atoms with E-state index >= 15 is 0 Å². The molecule has 4 unspecified atom stereocenters. The van der Waals surface area contributed by atoms with Crippen molar-refractivity contribution in [2.24, 2.45) is 11.8 Å². The van der Waals surface area contributed by atoms with Crippen LogP contribution in [-0.4, -0.2) is 6.04 Å². The van der Waals surface area contributed by atoms with Crippen LogP contribution in [0.3, 0.4) is 0 Å². The number of allylic oxidation sites excluding steroid dienone is 23. The molecule has 0 saturated carbocycles. The molecule has 1 heterocycles. The number of para-hydroxylation sites is 1. The quantitative estimate of drug-likeness (QED) is 0.230. The van der Waals surface area contributed by atoms with Gasteiger partial charge in [-0.1, -0.05) is 189 Å². The van der Waals surface area contributed by atoms with Crippen LogP contribution in [-0.2, 0) is 0 Å². The van der Waals surface area contributed by atoms with Crippen LogP contribution < -0.4 is 4.90 Å². The van der Waals surface area contributed by atoms with E-state index in [1.54, 1.807) is 5.57 Å². The second-order valence-corrected chi connectivity index (χ2v) is 18.7. The maximum atomic E-state index is 2.79. The Hall–Kier alpha value is -5.92. The number of rotatable bonds is 7. The molecule has 0 aromatic heterocycles. The van der Waals surface area contributed by atoms with Crippen LogP contribution in [0, 0.1) is 11.8 Å². The normalized spacial score (nSPS) is 27.0. The lowest BCUT2D eigenvalue weighted by Crippen LogP contribution is -2.35. The molecule has 0 bridgehead atoms. The molecule has 8 aliphatic rings. The van der Waals surface area contributed by atoms with Gasteiger partial charge in [-0.25, -0.2) is 0 Å². The molecular weight excluding hydrogens is 747 g/mol. The average Bonchev–Trinajstić information content (AvgIpc) is 3.46. The fourth-order valence-electron chi connectivity index (χ4n) is 11.8. The maximum Gasteiger partial charge on any atom is 0.0626 e. The number of hydrogen-bond donors (Lipinski definition) is 0. The Morgan fingerprint density at radius 3 is 2.44 bits per heavy atom. The molecule has 1 heteroatoms. The lowest BCUT2D eigenvalue weighted by Gasteiger charge is -2.35. The van der Waals surface area contributed by atoms with Crippen molar-refractivity contribution >= 4 is 16.8 Å². The van der Waals surface area contributed by atoms with Gasteiger partial charge in [-0.05, 0) is 137 Å². The molecule has 1 aliphatic heterocycles. The summed E-state index contributed by atoms with van der Waals surface area (Å²) in [7, 11) is 0. The highest BCUT2D eigenvalue weighted by atomic mass is 15.2. The Kier molecular flexibility index (Phi) is 10.5. The third-order valence-corrected chi connectivity index (χ3v) is 15.1.